The Bertz CT molecular complexity index is 528. The lowest BCUT2D eigenvalue weighted by Crippen LogP contribution is -2.13. The standard InChI is InChI=1S/C11H10BrF2NO4/c1-11(13,14)6-3-7(10(16)19-2)8(5-12)9(4-6)15(17)18/h3-4H,5H2,1-2H3. The van der Waals surface area contributed by atoms with Crippen LogP contribution in [0.3, 0.4) is 0 Å². The van der Waals surface area contributed by atoms with Crippen LogP contribution in [-0.4, -0.2) is 18.0 Å². The third kappa shape index (κ3) is 3.25. The largest absolute Gasteiger partial charge is 0.465 e. The molecule has 0 amide bonds. The van der Waals surface area contributed by atoms with E-state index in [0.29, 0.717) is 6.92 Å². The van der Waals surface area contributed by atoms with Gasteiger partial charge >= 0.3 is 5.97 Å². The summed E-state index contributed by atoms with van der Waals surface area (Å²) >= 11 is 3.00. The Hall–Kier alpha value is -1.57. The van der Waals surface area contributed by atoms with Gasteiger partial charge in [-0.2, -0.15) is 0 Å². The number of carbonyl (C=O) groups is 1. The lowest BCUT2D eigenvalue weighted by Gasteiger charge is -2.14. The summed E-state index contributed by atoms with van der Waals surface area (Å²) in [6.07, 6.45) is 0. The van der Waals surface area contributed by atoms with Crippen molar-refractivity contribution in [1.82, 2.24) is 0 Å². The van der Waals surface area contributed by atoms with Gasteiger partial charge in [0, 0.05) is 23.9 Å². The van der Waals surface area contributed by atoms with Crippen LogP contribution in [0.1, 0.15) is 28.4 Å². The molecule has 0 aromatic heterocycles. The van der Waals surface area contributed by atoms with Crippen molar-refractivity contribution in [2.24, 2.45) is 0 Å². The van der Waals surface area contributed by atoms with Crippen molar-refractivity contribution in [3.05, 3.63) is 38.9 Å². The van der Waals surface area contributed by atoms with Gasteiger partial charge in [0.15, 0.2) is 0 Å². The number of nitro groups is 1. The normalized spacial score (nSPS) is 11.2. The fourth-order valence-electron chi connectivity index (χ4n) is 1.51. The molecular formula is C11H10BrF2NO4. The zero-order valence-electron chi connectivity index (χ0n) is 10.1. The number of nitrogens with zero attached hydrogens (tertiary/aromatic N) is 1. The topological polar surface area (TPSA) is 69.4 Å². The maximum absolute atomic E-state index is 13.3. The molecule has 0 aliphatic carbocycles. The minimum absolute atomic E-state index is 0.00449. The van der Waals surface area contributed by atoms with Crippen molar-refractivity contribution >= 4 is 27.6 Å². The van der Waals surface area contributed by atoms with E-state index in [2.05, 4.69) is 20.7 Å². The molecule has 0 aliphatic rings. The summed E-state index contributed by atoms with van der Waals surface area (Å²) in [4.78, 5) is 21.6. The van der Waals surface area contributed by atoms with Gasteiger partial charge in [0.2, 0.25) is 0 Å². The summed E-state index contributed by atoms with van der Waals surface area (Å²) in [6.45, 7) is 0.598. The molecule has 1 aromatic carbocycles. The quantitative estimate of drug-likeness (QED) is 0.365. The summed E-state index contributed by atoms with van der Waals surface area (Å²) in [5.41, 5.74) is -1.39. The van der Waals surface area contributed by atoms with Gasteiger partial charge in [-0.1, -0.05) is 15.9 Å². The number of esters is 1. The number of alkyl halides is 3. The Morgan fingerprint density at radius 2 is 2.11 bits per heavy atom. The van der Waals surface area contributed by atoms with Crippen LogP contribution >= 0.6 is 15.9 Å². The summed E-state index contributed by atoms with van der Waals surface area (Å²) in [5, 5.41) is 10.9. The van der Waals surface area contributed by atoms with Crippen molar-refractivity contribution in [2.75, 3.05) is 7.11 Å². The molecule has 0 saturated carbocycles. The Labute approximate surface area is 115 Å². The van der Waals surface area contributed by atoms with Crippen LogP contribution in [0.5, 0.6) is 0 Å². The van der Waals surface area contributed by atoms with Crippen molar-refractivity contribution in [1.29, 1.82) is 0 Å². The van der Waals surface area contributed by atoms with E-state index >= 15 is 0 Å². The van der Waals surface area contributed by atoms with E-state index < -0.39 is 28.1 Å². The summed E-state index contributed by atoms with van der Waals surface area (Å²) < 4.78 is 31.0. The van der Waals surface area contributed by atoms with E-state index in [-0.39, 0.29) is 16.5 Å². The molecule has 0 fully saturated rings. The van der Waals surface area contributed by atoms with Crippen molar-refractivity contribution in [2.45, 2.75) is 18.2 Å². The van der Waals surface area contributed by atoms with Gasteiger partial charge in [0.1, 0.15) is 0 Å². The fraction of sp³-hybridized carbons (Fsp3) is 0.364. The number of methoxy groups -OCH3 is 1. The lowest BCUT2D eigenvalue weighted by atomic mass is 9.99. The van der Waals surface area contributed by atoms with Gasteiger partial charge in [-0.15, -0.1) is 0 Å². The molecule has 0 unspecified atom stereocenters. The Morgan fingerprint density at radius 1 is 1.53 bits per heavy atom. The maximum Gasteiger partial charge on any atom is 0.338 e. The first-order valence-corrected chi connectivity index (χ1v) is 6.18. The molecule has 0 atom stereocenters. The number of halogens is 3. The van der Waals surface area contributed by atoms with E-state index in [1.54, 1.807) is 0 Å². The SMILES string of the molecule is COC(=O)c1cc(C(C)(F)F)cc([N+](=O)[O-])c1CBr. The zero-order chi connectivity index (χ0) is 14.8. The van der Waals surface area contributed by atoms with Crippen molar-refractivity contribution in [3.8, 4) is 0 Å². The highest BCUT2D eigenvalue weighted by molar-refractivity contribution is 9.08. The smallest absolute Gasteiger partial charge is 0.338 e. The average Bonchev–Trinajstić information content (AvgIpc) is 2.34. The first kappa shape index (κ1) is 15.5. The van der Waals surface area contributed by atoms with Crippen LogP contribution in [0.25, 0.3) is 0 Å². The first-order valence-electron chi connectivity index (χ1n) is 5.06. The minimum atomic E-state index is -3.29. The van der Waals surface area contributed by atoms with Gasteiger partial charge in [0.05, 0.1) is 23.2 Å². The van der Waals surface area contributed by atoms with Crippen LogP contribution in [0.4, 0.5) is 14.5 Å². The van der Waals surface area contributed by atoms with Crippen molar-refractivity contribution in [3.63, 3.8) is 0 Å². The molecule has 0 heterocycles. The molecular weight excluding hydrogens is 328 g/mol. The number of benzene rings is 1. The predicted octanol–water partition coefficient (Wildman–Crippen LogP) is 3.39. The van der Waals surface area contributed by atoms with Crippen molar-refractivity contribution < 1.29 is 23.2 Å². The Morgan fingerprint density at radius 3 is 2.47 bits per heavy atom. The average molecular weight is 338 g/mol. The minimum Gasteiger partial charge on any atom is -0.465 e. The molecule has 0 radical (unpaired) electrons. The highest BCUT2D eigenvalue weighted by atomic mass is 79.9. The van der Waals surface area contributed by atoms with Gasteiger partial charge in [0.25, 0.3) is 11.6 Å². The third-order valence-electron chi connectivity index (χ3n) is 2.47. The zero-order valence-corrected chi connectivity index (χ0v) is 11.7. The Balaban J connectivity index is 3.64. The number of nitro benzene ring substituents is 1. The fourth-order valence-corrected chi connectivity index (χ4v) is 2.09. The van der Waals surface area contributed by atoms with Crippen LogP contribution in [0.2, 0.25) is 0 Å². The second-order valence-corrected chi connectivity index (χ2v) is 4.35. The molecule has 8 heteroatoms. The second-order valence-electron chi connectivity index (χ2n) is 3.79. The molecule has 0 saturated heterocycles. The molecule has 0 N–H and O–H groups in total. The summed E-state index contributed by atoms with van der Waals surface area (Å²) in [6, 6.07) is 1.68. The second kappa shape index (κ2) is 5.60. The predicted molar refractivity (Wildman–Crippen MR) is 66.6 cm³/mol. The van der Waals surface area contributed by atoms with Gasteiger partial charge in [-0.05, 0) is 6.07 Å². The van der Waals surface area contributed by atoms with E-state index in [4.69, 9.17) is 0 Å². The van der Waals surface area contributed by atoms with Crippen LogP contribution in [0.15, 0.2) is 12.1 Å². The molecule has 1 aromatic rings. The third-order valence-corrected chi connectivity index (χ3v) is 3.03. The maximum atomic E-state index is 13.3. The number of rotatable bonds is 4. The number of ether oxygens (including phenoxy) is 1. The number of hydrogen-bond acceptors (Lipinski definition) is 4. The molecule has 19 heavy (non-hydrogen) atoms. The number of carbonyl (C=O) groups excluding carboxylic acids is 1. The van der Waals surface area contributed by atoms with Crippen LogP contribution in [-0.2, 0) is 16.0 Å². The van der Waals surface area contributed by atoms with Gasteiger partial charge in [-0.25, -0.2) is 13.6 Å². The van der Waals surface area contributed by atoms with Crippen LogP contribution in [0, 0.1) is 10.1 Å². The molecule has 104 valence electrons. The number of hydrogen-bond donors (Lipinski definition) is 0. The monoisotopic (exact) mass is 337 g/mol. The van der Waals surface area contributed by atoms with E-state index in [1.807, 2.05) is 0 Å². The summed E-state index contributed by atoms with van der Waals surface area (Å²) in [5.74, 6) is -4.19. The highest BCUT2D eigenvalue weighted by Gasteiger charge is 2.31. The first-order chi connectivity index (χ1) is 8.72. The lowest BCUT2D eigenvalue weighted by molar-refractivity contribution is -0.385. The van der Waals surface area contributed by atoms with E-state index in [1.165, 1.54) is 0 Å². The molecule has 0 spiro atoms. The highest BCUT2D eigenvalue weighted by Crippen LogP contribution is 2.34. The van der Waals surface area contributed by atoms with Gasteiger partial charge in [-0.3, -0.25) is 10.1 Å². The molecule has 0 aliphatic heterocycles. The molecule has 1 rings (SSSR count). The van der Waals surface area contributed by atoms with E-state index in [9.17, 15) is 23.7 Å². The van der Waals surface area contributed by atoms with Crippen LogP contribution < -0.4 is 0 Å². The molecule has 5 nitrogen and oxygen atoms in total. The molecule has 0 bridgehead atoms. The summed E-state index contributed by atoms with van der Waals surface area (Å²) in [7, 11) is 1.07. The van der Waals surface area contributed by atoms with E-state index in [0.717, 1.165) is 19.2 Å². The van der Waals surface area contributed by atoms with Gasteiger partial charge < -0.3 is 4.74 Å². The Kier molecular flexibility index (Phi) is 4.56.